The normalized spacial score (nSPS) is 11.0. The Morgan fingerprint density at radius 3 is 2.61 bits per heavy atom. The van der Waals surface area contributed by atoms with Crippen molar-refractivity contribution < 1.29 is 14.3 Å². The van der Waals surface area contributed by atoms with Crippen LogP contribution >= 0.6 is 11.6 Å². The summed E-state index contributed by atoms with van der Waals surface area (Å²) < 4.78 is 5.86. The molecule has 0 aliphatic carbocycles. The summed E-state index contributed by atoms with van der Waals surface area (Å²) in [5.74, 6) is 0.676. The molecule has 0 amide bonds. The molecule has 1 N–H and O–H groups in total. The number of hydrogen-bond donors (Lipinski definition) is 1. The summed E-state index contributed by atoms with van der Waals surface area (Å²) in [6, 6.07) is 11.6. The number of benzene rings is 2. The van der Waals surface area contributed by atoms with Crippen molar-refractivity contribution in [2.75, 3.05) is 0 Å². The number of rotatable bonds is 5. The van der Waals surface area contributed by atoms with Gasteiger partial charge in [0.2, 0.25) is 0 Å². The number of phenols is 1. The molecule has 2 aromatic carbocycles. The Balaban J connectivity index is 2.14. The Kier molecular flexibility index (Phi) is 4.39. The van der Waals surface area contributed by atoms with Gasteiger partial charge in [0.15, 0.2) is 5.78 Å². The Morgan fingerprint density at radius 1 is 1.17 bits per heavy atom. The second-order valence-electron chi connectivity index (χ2n) is 5.52. The van der Waals surface area contributed by atoms with Crippen molar-refractivity contribution in [1.29, 1.82) is 0 Å². The lowest BCUT2D eigenvalue weighted by Gasteiger charge is -2.03. The van der Waals surface area contributed by atoms with E-state index in [1.807, 2.05) is 0 Å². The van der Waals surface area contributed by atoms with Crippen LogP contribution in [0.3, 0.4) is 0 Å². The summed E-state index contributed by atoms with van der Waals surface area (Å²) in [6.07, 6.45) is 2.64. The van der Waals surface area contributed by atoms with Gasteiger partial charge in [-0.2, -0.15) is 0 Å². The summed E-state index contributed by atoms with van der Waals surface area (Å²) in [5, 5.41) is 11.0. The average Bonchev–Trinajstić information content (AvgIpc) is 2.90. The lowest BCUT2D eigenvalue weighted by molar-refractivity contribution is 0.103. The number of carbonyl (C=O) groups excluding carboxylic acids is 1. The van der Waals surface area contributed by atoms with Crippen molar-refractivity contribution in [3.63, 3.8) is 0 Å². The summed E-state index contributed by atoms with van der Waals surface area (Å²) in [7, 11) is 0. The van der Waals surface area contributed by atoms with E-state index in [0.29, 0.717) is 39.3 Å². The predicted octanol–water partition coefficient (Wildman–Crippen LogP) is 5.37. The highest BCUT2D eigenvalue weighted by Gasteiger charge is 2.22. The van der Waals surface area contributed by atoms with Crippen molar-refractivity contribution in [2.45, 2.75) is 26.2 Å². The molecule has 0 bridgehead atoms. The maximum Gasteiger partial charge on any atom is 0.197 e. The molecule has 0 saturated heterocycles. The maximum atomic E-state index is 12.9. The zero-order valence-electron chi connectivity index (χ0n) is 12.8. The first-order valence-corrected chi connectivity index (χ1v) is 8.02. The van der Waals surface area contributed by atoms with E-state index in [1.165, 1.54) is 0 Å². The van der Waals surface area contributed by atoms with Gasteiger partial charge in [0.25, 0.3) is 0 Å². The summed E-state index contributed by atoms with van der Waals surface area (Å²) in [6.45, 7) is 2.09. The number of furan rings is 1. The molecule has 0 aliphatic heterocycles. The molecule has 0 fully saturated rings. The van der Waals surface area contributed by atoms with Gasteiger partial charge in [0.05, 0.1) is 5.56 Å². The van der Waals surface area contributed by atoms with Crippen molar-refractivity contribution in [3.8, 4) is 5.75 Å². The molecule has 23 heavy (non-hydrogen) atoms. The standard InChI is InChI=1S/C19H17ClO3/c1-2-3-4-17-18(15-11-14(21)9-10-16(15)23-17)19(22)12-5-7-13(20)8-6-12/h5-11,21H,2-4H2,1H3. The van der Waals surface area contributed by atoms with Crippen LogP contribution in [0.1, 0.15) is 41.4 Å². The van der Waals surface area contributed by atoms with Crippen LogP contribution in [0, 0.1) is 0 Å². The van der Waals surface area contributed by atoms with Gasteiger partial charge >= 0.3 is 0 Å². The van der Waals surface area contributed by atoms with E-state index in [-0.39, 0.29) is 11.5 Å². The first kappa shape index (κ1) is 15.6. The average molecular weight is 329 g/mol. The number of ketones is 1. The van der Waals surface area contributed by atoms with E-state index < -0.39 is 0 Å². The molecule has 4 heteroatoms. The molecule has 3 nitrogen and oxygen atoms in total. The molecule has 0 unspecified atom stereocenters. The molecule has 3 aromatic rings. The van der Waals surface area contributed by atoms with E-state index >= 15 is 0 Å². The monoisotopic (exact) mass is 328 g/mol. The Hall–Kier alpha value is -2.26. The van der Waals surface area contributed by atoms with Crippen molar-refractivity contribution in [3.05, 3.63) is 64.4 Å². The number of hydrogen-bond acceptors (Lipinski definition) is 3. The molecule has 0 saturated carbocycles. The molecule has 0 atom stereocenters. The zero-order chi connectivity index (χ0) is 16.4. The fraction of sp³-hybridized carbons (Fsp3) is 0.211. The second kappa shape index (κ2) is 6.47. The fourth-order valence-electron chi connectivity index (χ4n) is 2.64. The van der Waals surface area contributed by atoms with Crippen LogP contribution in [0.5, 0.6) is 5.75 Å². The molecular formula is C19H17ClO3. The van der Waals surface area contributed by atoms with E-state index in [4.69, 9.17) is 16.0 Å². The van der Waals surface area contributed by atoms with Gasteiger partial charge in [-0.1, -0.05) is 24.9 Å². The second-order valence-corrected chi connectivity index (χ2v) is 5.96. The molecule has 0 spiro atoms. The molecule has 118 valence electrons. The quantitative estimate of drug-likeness (QED) is 0.641. The first-order chi connectivity index (χ1) is 11.1. The number of aromatic hydroxyl groups is 1. The van der Waals surface area contributed by atoms with Gasteiger partial charge in [-0.3, -0.25) is 4.79 Å². The third-order valence-corrected chi connectivity index (χ3v) is 4.09. The zero-order valence-corrected chi connectivity index (χ0v) is 13.6. The third-order valence-electron chi connectivity index (χ3n) is 3.84. The van der Waals surface area contributed by atoms with E-state index in [0.717, 1.165) is 12.8 Å². The molecular weight excluding hydrogens is 312 g/mol. The minimum atomic E-state index is -0.114. The molecule has 1 heterocycles. The van der Waals surface area contributed by atoms with E-state index in [9.17, 15) is 9.90 Å². The van der Waals surface area contributed by atoms with Gasteiger partial charge < -0.3 is 9.52 Å². The SMILES string of the molecule is CCCCc1oc2ccc(O)cc2c1C(=O)c1ccc(Cl)cc1. The van der Waals surface area contributed by atoms with Crippen molar-refractivity contribution >= 4 is 28.4 Å². The fourth-order valence-corrected chi connectivity index (χ4v) is 2.77. The van der Waals surface area contributed by atoms with Crippen LogP contribution < -0.4 is 0 Å². The van der Waals surface area contributed by atoms with E-state index in [2.05, 4.69) is 6.92 Å². The highest BCUT2D eigenvalue weighted by atomic mass is 35.5. The topological polar surface area (TPSA) is 50.4 Å². The van der Waals surface area contributed by atoms with Crippen molar-refractivity contribution in [2.24, 2.45) is 0 Å². The van der Waals surface area contributed by atoms with Crippen LogP contribution in [-0.2, 0) is 6.42 Å². The Bertz CT molecular complexity index is 847. The molecule has 0 radical (unpaired) electrons. The van der Waals surface area contributed by atoms with Crippen LogP contribution in [0.4, 0.5) is 0 Å². The van der Waals surface area contributed by atoms with Gasteiger partial charge in [-0.25, -0.2) is 0 Å². The summed E-state index contributed by atoms with van der Waals surface area (Å²) >= 11 is 5.89. The highest BCUT2D eigenvalue weighted by Crippen LogP contribution is 2.32. The number of phenolic OH excluding ortho intramolecular Hbond substituents is 1. The third kappa shape index (κ3) is 3.10. The van der Waals surface area contributed by atoms with Gasteiger partial charge in [0, 0.05) is 22.4 Å². The smallest absolute Gasteiger partial charge is 0.197 e. The number of unbranched alkanes of at least 4 members (excludes halogenated alkanes) is 1. The lowest BCUT2D eigenvalue weighted by atomic mass is 9.98. The van der Waals surface area contributed by atoms with Crippen LogP contribution in [-0.4, -0.2) is 10.9 Å². The first-order valence-electron chi connectivity index (χ1n) is 7.65. The molecule has 0 aliphatic rings. The predicted molar refractivity (Wildman–Crippen MR) is 91.4 cm³/mol. The summed E-state index contributed by atoms with van der Waals surface area (Å²) in [4.78, 5) is 12.9. The van der Waals surface area contributed by atoms with Gasteiger partial charge in [0.1, 0.15) is 17.1 Å². The minimum absolute atomic E-state index is 0.114. The Labute approximate surface area is 139 Å². The van der Waals surface area contributed by atoms with Crippen LogP contribution in [0.25, 0.3) is 11.0 Å². The maximum absolute atomic E-state index is 12.9. The largest absolute Gasteiger partial charge is 0.508 e. The lowest BCUT2D eigenvalue weighted by Crippen LogP contribution is -2.03. The Morgan fingerprint density at radius 2 is 1.91 bits per heavy atom. The van der Waals surface area contributed by atoms with Crippen LogP contribution in [0.15, 0.2) is 46.9 Å². The number of fused-ring (bicyclic) bond motifs is 1. The number of carbonyl (C=O) groups is 1. The number of halogens is 1. The van der Waals surface area contributed by atoms with E-state index in [1.54, 1.807) is 42.5 Å². The minimum Gasteiger partial charge on any atom is -0.508 e. The highest BCUT2D eigenvalue weighted by molar-refractivity contribution is 6.30. The van der Waals surface area contributed by atoms with Crippen molar-refractivity contribution in [1.82, 2.24) is 0 Å². The molecule has 3 rings (SSSR count). The van der Waals surface area contributed by atoms with Gasteiger partial charge in [-0.15, -0.1) is 0 Å². The van der Waals surface area contributed by atoms with Gasteiger partial charge in [-0.05, 0) is 48.9 Å². The summed E-state index contributed by atoms with van der Waals surface area (Å²) in [5.41, 5.74) is 1.70. The van der Waals surface area contributed by atoms with Crippen LogP contribution in [0.2, 0.25) is 5.02 Å². The molecule has 1 aromatic heterocycles. The number of aryl methyl sites for hydroxylation is 1.